The van der Waals surface area contributed by atoms with Crippen LogP contribution in [0.1, 0.15) is 12.5 Å². The van der Waals surface area contributed by atoms with Crippen molar-refractivity contribution in [2.75, 3.05) is 57.5 Å². The van der Waals surface area contributed by atoms with E-state index in [2.05, 4.69) is 9.88 Å². The minimum absolute atomic E-state index is 0.0475. The molecule has 2 saturated heterocycles. The Morgan fingerprint density at radius 3 is 2.60 bits per heavy atom. The molecule has 1 N–H and O–H groups in total. The summed E-state index contributed by atoms with van der Waals surface area (Å²) in [5.41, 5.74) is -2.38. The lowest BCUT2D eigenvalue weighted by Gasteiger charge is -2.45. The van der Waals surface area contributed by atoms with Crippen molar-refractivity contribution in [3.05, 3.63) is 41.4 Å². The van der Waals surface area contributed by atoms with E-state index in [-0.39, 0.29) is 35.1 Å². The fourth-order valence-corrected chi connectivity index (χ4v) is 6.93. The number of ether oxygens (including phenoxy) is 1. The fourth-order valence-electron chi connectivity index (χ4n) is 4.50. The predicted molar refractivity (Wildman–Crippen MR) is 126 cm³/mol. The summed E-state index contributed by atoms with van der Waals surface area (Å²) in [6.45, 7) is 3.71. The highest BCUT2D eigenvalue weighted by Gasteiger charge is 2.41. The van der Waals surface area contributed by atoms with Gasteiger partial charge in [-0.3, -0.25) is 4.90 Å². The van der Waals surface area contributed by atoms with Gasteiger partial charge in [0.25, 0.3) is 16.4 Å². The molecule has 2 aliphatic rings. The Morgan fingerprint density at radius 2 is 2.00 bits per heavy atom. The summed E-state index contributed by atoms with van der Waals surface area (Å²) in [4.78, 5) is 8.26. The van der Waals surface area contributed by atoms with Crippen LogP contribution in [-0.4, -0.2) is 98.8 Å². The van der Waals surface area contributed by atoms with E-state index < -0.39 is 28.7 Å². The van der Waals surface area contributed by atoms with Crippen LogP contribution in [0.3, 0.4) is 0 Å². The maximum absolute atomic E-state index is 13.3. The molecule has 1 aromatic carbocycles. The molecule has 0 spiro atoms. The highest BCUT2D eigenvalue weighted by molar-refractivity contribution is 7.91. The number of piperazine rings is 1. The minimum atomic E-state index is -3.74. The van der Waals surface area contributed by atoms with Gasteiger partial charge in [-0.15, -0.1) is 11.3 Å². The molecule has 0 aliphatic carbocycles. The first-order valence-corrected chi connectivity index (χ1v) is 13.6. The number of aliphatic hydroxyl groups is 1. The number of anilines is 1. The van der Waals surface area contributed by atoms with Gasteiger partial charge in [-0.2, -0.15) is 4.31 Å². The molecule has 8 nitrogen and oxygen atoms in total. The normalized spacial score (nSPS) is 24.6. The van der Waals surface area contributed by atoms with Gasteiger partial charge in [0, 0.05) is 56.0 Å². The van der Waals surface area contributed by atoms with E-state index in [1.165, 1.54) is 22.6 Å². The first-order valence-electron chi connectivity index (χ1n) is 11.3. The quantitative estimate of drug-likeness (QED) is 0.556. The summed E-state index contributed by atoms with van der Waals surface area (Å²) in [6.07, 6.45) is -1.81. The highest BCUT2D eigenvalue weighted by atomic mass is 32.2. The Kier molecular flexibility index (Phi) is 8.03. The highest BCUT2D eigenvalue weighted by Crippen LogP contribution is 2.32. The zero-order valence-electron chi connectivity index (χ0n) is 19.3. The van der Waals surface area contributed by atoms with E-state index in [0.29, 0.717) is 38.5 Å². The first kappa shape index (κ1) is 26.3. The van der Waals surface area contributed by atoms with Gasteiger partial charge in [0.2, 0.25) is 4.34 Å². The van der Waals surface area contributed by atoms with Gasteiger partial charge < -0.3 is 14.7 Å². The molecular formula is C22H29F3N4O4S2. The SMILES string of the molecule is C[C@H]1COCCN1C[C@H]1CN(S(=O)(=O)c2nccs2)CCN1c1ccc(C(O)(CF)C(F)F)cc1. The Labute approximate surface area is 207 Å². The van der Waals surface area contributed by atoms with Crippen LogP contribution in [0.15, 0.2) is 40.2 Å². The average molecular weight is 535 g/mol. The molecule has 0 bridgehead atoms. The zero-order chi connectivity index (χ0) is 25.2. The van der Waals surface area contributed by atoms with Crippen LogP contribution in [-0.2, 0) is 20.4 Å². The van der Waals surface area contributed by atoms with Crippen molar-refractivity contribution in [2.45, 2.75) is 35.4 Å². The summed E-state index contributed by atoms with van der Waals surface area (Å²) in [5.74, 6) is 0. The van der Waals surface area contributed by atoms with E-state index in [4.69, 9.17) is 4.74 Å². The van der Waals surface area contributed by atoms with Crippen LogP contribution in [0.2, 0.25) is 0 Å². The number of thiazole rings is 1. The molecule has 0 amide bonds. The van der Waals surface area contributed by atoms with Gasteiger partial charge in [-0.25, -0.2) is 26.6 Å². The molecule has 35 heavy (non-hydrogen) atoms. The van der Waals surface area contributed by atoms with Gasteiger partial charge >= 0.3 is 0 Å². The van der Waals surface area contributed by atoms with Crippen LogP contribution < -0.4 is 4.90 Å². The lowest BCUT2D eigenvalue weighted by molar-refractivity contribution is -0.114. The third kappa shape index (κ3) is 5.35. The number of aromatic nitrogens is 1. The average Bonchev–Trinajstić information content (AvgIpc) is 3.41. The number of benzene rings is 1. The summed E-state index contributed by atoms with van der Waals surface area (Å²) in [6, 6.07) is 5.66. The molecular weight excluding hydrogens is 505 g/mol. The fraction of sp³-hybridized carbons (Fsp3) is 0.591. The number of sulfonamides is 1. The van der Waals surface area contributed by atoms with Crippen LogP contribution in [0.4, 0.5) is 18.9 Å². The number of hydrogen-bond acceptors (Lipinski definition) is 8. The van der Waals surface area contributed by atoms with E-state index in [9.17, 15) is 26.7 Å². The van der Waals surface area contributed by atoms with Gasteiger partial charge in [-0.1, -0.05) is 12.1 Å². The Hall–Kier alpha value is -1.77. The molecule has 0 radical (unpaired) electrons. The maximum atomic E-state index is 13.3. The molecule has 2 aliphatic heterocycles. The second kappa shape index (κ2) is 10.7. The van der Waals surface area contributed by atoms with Crippen molar-refractivity contribution >= 4 is 27.0 Å². The van der Waals surface area contributed by atoms with E-state index >= 15 is 0 Å². The van der Waals surface area contributed by atoms with E-state index in [0.717, 1.165) is 11.3 Å². The summed E-state index contributed by atoms with van der Waals surface area (Å²) >= 11 is 1.07. The molecule has 3 heterocycles. The third-order valence-corrected chi connectivity index (χ3v) is 9.67. The number of morpholine rings is 1. The molecule has 1 unspecified atom stereocenters. The van der Waals surface area contributed by atoms with Crippen molar-refractivity contribution < 1.29 is 31.4 Å². The zero-order valence-corrected chi connectivity index (χ0v) is 20.9. The van der Waals surface area contributed by atoms with Crippen LogP contribution in [0.5, 0.6) is 0 Å². The van der Waals surface area contributed by atoms with Crippen molar-refractivity contribution in [1.29, 1.82) is 0 Å². The Morgan fingerprint density at radius 1 is 1.26 bits per heavy atom. The third-order valence-electron chi connectivity index (χ3n) is 6.63. The molecule has 194 valence electrons. The van der Waals surface area contributed by atoms with Crippen LogP contribution in [0.25, 0.3) is 0 Å². The predicted octanol–water partition coefficient (Wildman–Crippen LogP) is 2.17. The molecule has 3 atom stereocenters. The number of hydrogen-bond donors (Lipinski definition) is 1. The summed E-state index contributed by atoms with van der Waals surface area (Å²) in [5, 5.41) is 11.7. The van der Waals surface area contributed by atoms with Crippen molar-refractivity contribution in [3.8, 4) is 0 Å². The maximum Gasteiger partial charge on any atom is 0.273 e. The molecule has 0 saturated carbocycles. The van der Waals surface area contributed by atoms with E-state index in [1.54, 1.807) is 17.5 Å². The lowest BCUT2D eigenvalue weighted by Crippen LogP contribution is -2.60. The van der Waals surface area contributed by atoms with Crippen LogP contribution in [0, 0.1) is 0 Å². The minimum Gasteiger partial charge on any atom is -0.379 e. The first-order chi connectivity index (χ1) is 16.7. The molecule has 4 rings (SSSR count). The van der Waals surface area contributed by atoms with Gasteiger partial charge in [0.05, 0.1) is 19.3 Å². The number of nitrogens with zero attached hydrogens (tertiary/aromatic N) is 4. The van der Waals surface area contributed by atoms with Crippen LogP contribution >= 0.6 is 11.3 Å². The monoisotopic (exact) mass is 534 g/mol. The lowest BCUT2D eigenvalue weighted by atomic mass is 9.95. The van der Waals surface area contributed by atoms with Crippen molar-refractivity contribution in [3.63, 3.8) is 0 Å². The number of rotatable bonds is 8. The number of halogens is 3. The van der Waals surface area contributed by atoms with Gasteiger partial charge in [0.15, 0.2) is 5.60 Å². The summed E-state index contributed by atoms with van der Waals surface area (Å²) in [7, 11) is -3.74. The number of alkyl halides is 3. The van der Waals surface area contributed by atoms with E-state index in [1.807, 2.05) is 11.8 Å². The second-order valence-electron chi connectivity index (χ2n) is 8.83. The Balaban J connectivity index is 1.60. The second-order valence-corrected chi connectivity index (χ2v) is 11.8. The standard InChI is InChI=1S/C22H29F3N4O4S2/c1-16-14-33-10-9-27(16)12-19-13-28(35(31,32)21-26-6-11-34-21)7-8-29(19)18-4-2-17(3-5-18)22(30,15-23)20(24)25/h2-6,11,16,19-20,30H,7-10,12-15H2,1H3/t16-,19-,22?/m0/s1. The van der Waals surface area contributed by atoms with Crippen molar-refractivity contribution in [2.24, 2.45) is 0 Å². The molecule has 2 aromatic rings. The molecule has 2 fully saturated rings. The largest absolute Gasteiger partial charge is 0.379 e. The molecule has 13 heteroatoms. The Bertz CT molecular complexity index is 1070. The molecule has 1 aromatic heterocycles. The van der Waals surface area contributed by atoms with Crippen molar-refractivity contribution in [1.82, 2.24) is 14.2 Å². The van der Waals surface area contributed by atoms with Gasteiger partial charge in [0.1, 0.15) is 6.67 Å². The summed E-state index contributed by atoms with van der Waals surface area (Å²) < 4.78 is 73.1. The smallest absolute Gasteiger partial charge is 0.273 e. The van der Waals surface area contributed by atoms with Gasteiger partial charge in [-0.05, 0) is 24.6 Å². The topological polar surface area (TPSA) is 86.2 Å².